The summed E-state index contributed by atoms with van der Waals surface area (Å²) in [7, 11) is -3.30. The first-order valence-electron chi connectivity index (χ1n) is 8.76. The zero-order chi connectivity index (χ0) is 23.9. The lowest BCUT2D eigenvalue weighted by molar-refractivity contribution is -0.241. The molecule has 0 saturated carbocycles. The van der Waals surface area contributed by atoms with Gasteiger partial charge in [-0.3, -0.25) is 18.8 Å². The van der Waals surface area contributed by atoms with E-state index in [4.69, 9.17) is 9.79 Å². The van der Waals surface area contributed by atoms with E-state index in [1.165, 1.54) is 30.3 Å². The summed E-state index contributed by atoms with van der Waals surface area (Å²) >= 11 is 0. The molecule has 32 heavy (non-hydrogen) atoms. The van der Waals surface area contributed by atoms with Crippen molar-refractivity contribution in [3.63, 3.8) is 0 Å². The number of alkyl halides is 3. The second-order valence-electron chi connectivity index (χ2n) is 6.55. The molecule has 0 spiro atoms. The molecule has 1 saturated heterocycles. The number of anilines is 1. The number of nitriles is 1. The van der Waals surface area contributed by atoms with E-state index in [9.17, 15) is 32.2 Å². The van der Waals surface area contributed by atoms with Crippen LogP contribution in [0, 0.1) is 11.3 Å². The van der Waals surface area contributed by atoms with E-state index >= 15 is 0 Å². The number of nitrogens with zero attached hydrogens (tertiary/aromatic N) is 3. The number of hydrogen-bond donors (Lipinski definition) is 0. The number of rotatable bonds is 5. The molecule has 2 aromatic rings. The van der Waals surface area contributed by atoms with E-state index in [1.54, 1.807) is 6.07 Å². The molecule has 0 N–H and O–H groups in total. The summed E-state index contributed by atoms with van der Waals surface area (Å²) in [5.74, 6) is -1.29. The van der Waals surface area contributed by atoms with Crippen molar-refractivity contribution in [2.75, 3.05) is 19.1 Å². The van der Waals surface area contributed by atoms with Gasteiger partial charge in [-0.1, -0.05) is 30.3 Å². The molecule has 0 bridgehead atoms. The zero-order valence-corrected chi connectivity index (χ0v) is 17.4. The average Bonchev–Trinajstić information content (AvgIpc) is 2.94. The number of carbonyl (C=O) groups is 2. The van der Waals surface area contributed by atoms with Gasteiger partial charge in [0.15, 0.2) is 0 Å². The summed E-state index contributed by atoms with van der Waals surface area (Å²) in [5, 5.41) is 8.97. The molecule has 2 aromatic carbocycles. The molecule has 1 heterocycles. The maximum absolute atomic E-state index is 13.4. The molecule has 1 aliphatic heterocycles. The van der Waals surface area contributed by atoms with Crippen molar-refractivity contribution in [3.05, 3.63) is 65.2 Å². The number of benzene rings is 2. The van der Waals surface area contributed by atoms with Crippen LogP contribution < -0.4 is 9.79 Å². The lowest BCUT2D eigenvalue weighted by atomic mass is 10.0. The minimum absolute atomic E-state index is 0.0823. The number of imide groups is 1. The summed E-state index contributed by atoms with van der Waals surface area (Å²) < 4.78 is 61.6. The molecule has 0 aliphatic carbocycles. The lowest BCUT2D eigenvalue weighted by Crippen LogP contribution is -2.47. The van der Waals surface area contributed by atoms with Gasteiger partial charge in [0, 0.05) is 19.7 Å². The van der Waals surface area contributed by atoms with Gasteiger partial charge in [-0.2, -0.15) is 18.4 Å². The van der Waals surface area contributed by atoms with Gasteiger partial charge in [0.25, 0.3) is 19.5 Å². The number of halogens is 3. The maximum atomic E-state index is 13.4. The van der Waals surface area contributed by atoms with Crippen LogP contribution in [0.15, 0.2) is 48.5 Å². The molecule has 3 amide bonds. The van der Waals surface area contributed by atoms with Gasteiger partial charge in [0.1, 0.15) is 0 Å². The molecule has 1 unspecified atom stereocenters. The molecular formula is C19H14F3N3O6P-. The van der Waals surface area contributed by atoms with Crippen molar-refractivity contribution < 1.29 is 41.3 Å². The fraction of sp³-hybridized carbons (Fsp3) is 0.211. The van der Waals surface area contributed by atoms with Crippen LogP contribution in [-0.4, -0.2) is 31.0 Å². The fourth-order valence-electron chi connectivity index (χ4n) is 3.23. The number of phosphoric acid groups is 1. The first kappa shape index (κ1) is 23.4. The SMILES string of the molecule is COP(=O)([O-])O[C@@]1(c2ccccc2)C(=O)N(c2ccc(C#N)c(C(F)(F)F)c2)C(=O)N1C. The normalized spacial score (nSPS) is 20.9. The van der Waals surface area contributed by atoms with Gasteiger partial charge in [-0.25, -0.2) is 9.69 Å². The molecule has 1 fully saturated rings. The van der Waals surface area contributed by atoms with Crippen molar-refractivity contribution in [2.24, 2.45) is 0 Å². The van der Waals surface area contributed by atoms with Crippen LogP contribution in [0.2, 0.25) is 0 Å². The molecule has 9 nitrogen and oxygen atoms in total. The van der Waals surface area contributed by atoms with Crippen molar-refractivity contribution in [1.29, 1.82) is 5.26 Å². The molecule has 0 aromatic heterocycles. The summed E-state index contributed by atoms with van der Waals surface area (Å²) in [4.78, 5) is 39.5. The van der Waals surface area contributed by atoms with E-state index in [0.29, 0.717) is 15.9 Å². The Hall–Kier alpha value is -3.23. The molecule has 13 heteroatoms. The molecule has 0 radical (unpaired) electrons. The Morgan fingerprint density at radius 2 is 1.78 bits per heavy atom. The number of hydrogen-bond acceptors (Lipinski definition) is 7. The summed E-state index contributed by atoms with van der Waals surface area (Å²) in [6.45, 7) is 0. The third-order valence-electron chi connectivity index (χ3n) is 4.76. The van der Waals surface area contributed by atoms with Gasteiger partial charge < -0.3 is 9.42 Å². The van der Waals surface area contributed by atoms with Gasteiger partial charge in [-0.05, 0) is 18.2 Å². The van der Waals surface area contributed by atoms with Gasteiger partial charge in [0.05, 0.1) is 22.9 Å². The van der Waals surface area contributed by atoms with Crippen molar-refractivity contribution >= 4 is 25.4 Å². The number of phosphoric ester groups is 1. The monoisotopic (exact) mass is 468 g/mol. The predicted octanol–water partition coefficient (Wildman–Crippen LogP) is 2.96. The first-order valence-corrected chi connectivity index (χ1v) is 10.2. The van der Waals surface area contributed by atoms with Gasteiger partial charge in [0.2, 0.25) is 0 Å². The Bertz CT molecular complexity index is 1170. The van der Waals surface area contributed by atoms with Crippen LogP contribution in [-0.2, 0) is 30.3 Å². The summed E-state index contributed by atoms with van der Waals surface area (Å²) in [5.41, 5.74) is -5.27. The van der Waals surface area contributed by atoms with Gasteiger partial charge in [-0.15, -0.1) is 0 Å². The van der Waals surface area contributed by atoms with E-state index in [1.807, 2.05) is 0 Å². The van der Waals surface area contributed by atoms with Crippen LogP contribution in [0.25, 0.3) is 0 Å². The minimum atomic E-state index is -5.14. The Balaban J connectivity index is 2.22. The third-order valence-corrected chi connectivity index (χ3v) is 5.70. The highest BCUT2D eigenvalue weighted by molar-refractivity contribution is 7.45. The van der Waals surface area contributed by atoms with E-state index in [2.05, 4.69) is 4.52 Å². The van der Waals surface area contributed by atoms with E-state index < -0.39 is 48.5 Å². The molecule has 3 rings (SSSR count). The summed E-state index contributed by atoms with van der Waals surface area (Å²) in [6.07, 6.45) is -4.95. The highest BCUT2D eigenvalue weighted by Gasteiger charge is 2.60. The van der Waals surface area contributed by atoms with Crippen LogP contribution in [0.4, 0.5) is 23.7 Å². The second kappa shape index (κ2) is 8.03. The summed E-state index contributed by atoms with van der Waals surface area (Å²) in [6, 6.07) is 9.51. The Labute approximate surface area is 179 Å². The quantitative estimate of drug-likeness (QED) is 0.488. The lowest BCUT2D eigenvalue weighted by Gasteiger charge is -2.37. The van der Waals surface area contributed by atoms with E-state index in [0.717, 1.165) is 26.3 Å². The number of urea groups is 1. The van der Waals surface area contributed by atoms with Crippen LogP contribution in [0.1, 0.15) is 16.7 Å². The Morgan fingerprint density at radius 3 is 2.31 bits per heavy atom. The average molecular weight is 468 g/mol. The van der Waals surface area contributed by atoms with Crippen LogP contribution in [0.3, 0.4) is 0 Å². The van der Waals surface area contributed by atoms with Crippen molar-refractivity contribution in [3.8, 4) is 6.07 Å². The maximum Gasteiger partial charge on any atom is 0.417 e. The molecule has 1 aliphatic rings. The molecular weight excluding hydrogens is 454 g/mol. The Kier molecular flexibility index (Phi) is 5.88. The topological polar surface area (TPSA) is 123 Å². The van der Waals surface area contributed by atoms with E-state index in [-0.39, 0.29) is 5.56 Å². The first-order chi connectivity index (χ1) is 14.9. The smallest absolute Gasteiger partial charge is 0.417 e. The highest BCUT2D eigenvalue weighted by atomic mass is 31.2. The highest BCUT2D eigenvalue weighted by Crippen LogP contribution is 2.51. The third kappa shape index (κ3) is 3.76. The number of amides is 3. The largest absolute Gasteiger partial charge is 0.756 e. The minimum Gasteiger partial charge on any atom is -0.756 e. The standard InChI is InChI=1S/C19H15F3N3O6P/c1-24-17(27)25(14-9-8-12(11-23)15(10-14)19(20,21)22)16(26)18(24,31-32(28,29)30-2)13-6-4-3-5-7-13/h3-10H,1-2H3,(H,28,29)/p-1/t18-/m0/s1. The molecule has 2 atom stereocenters. The predicted molar refractivity (Wildman–Crippen MR) is 101 cm³/mol. The number of carbonyl (C=O) groups excluding carboxylic acids is 2. The molecule has 168 valence electrons. The van der Waals surface area contributed by atoms with Crippen LogP contribution >= 0.6 is 7.82 Å². The van der Waals surface area contributed by atoms with Crippen molar-refractivity contribution in [2.45, 2.75) is 11.9 Å². The van der Waals surface area contributed by atoms with Crippen molar-refractivity contribution in [1.82, 2.24) is 4.90 Å². The number of likely N-dealkylation sites (N-methyl/N-ethyl adjacent to an activating group) is 1. The Morgan fingerprint density at radius 1 is 1.16 bits per heavy atom. The fourth-order valence-corrected chi connectivity index (χ4v) is 3.93. The zero-order valence-electron chi connectivity index (χ0n) is 16.5. The van der Waals surface area contributed by atoms with Gasteiger partial charge >= 0.3 is 12.2 Å². The second-order valence-corrected chi connectivity index (χ2v) is 7.99. The van der Waals surface area contributed by atoms with Crippen LogP contribution in [0.5, 0.6) is 0 Å².